The van der Waals surface area contributed by atoms with Gasteiger partial charge >= 0.3 is 5.91 Å². The van der Waals surface area contributed by atoms with Crippen molar-refractivity contribution >= 4 is 33.3 Å². The van der Waals surface area contributed by atoms with E-state index >= 15 is 0 Å². The number of ketones is 1. The monoisotopic (exact) mass is 310 g/mol. The van der Waals surface area contributed by atoms with Crippen LogP contribution in [-0.2, 0) is 4.79 Å². The van der Waals surface area contributed by atoms with Gasteiger partial charge in [-0.3, -0.25) is 19.4 Å². The van der Waals surface area contributed by atoms with Crippen molar-refractivity contribution in [1.29, 1.82) is 0 Å². The minimum atomic E-state index is -0.435. The number of Topliss-reactive ketones (excluding diaryl/α,β-unsaturated/α-hetero) is 1. The number of amides is 1. The summed E-state index contributed by atoms with van der Waals surface area (Å²) in [4.78, 5) is 27.5. The number of carbonyl (C=O) groups is 2. The number of carbonyl (C=O) groups excluding carboxylic acids is 2. The first kappa shape index (κ1) is 13.2. The molecule has 0 saturated carbocycles. The summed E-state index contributed by atoms with van der Waals surface area (Å²) in [5.74, 6) is -0.853. The van der Waals surface area contributed by atoms with Crippen molar-refractivity contribution < 1.29 is 9.59 Å². The van der Waals surface area contributed by atoms with E-state index in [0.29, 0.717) is 17.9 Å². The quantitative estimate of drug-likeness (QED) is 0.801. The topological polar surface area (TPSA) is 40.6 Å². The number of anilines is 1. The zero-order chi connectivity index (χ0) is 13.3. The predicted molar refractivity (Wildman–Crippen MR) is 73.7 cm³/mol. The molecular weight excluding hydrogens is 296 g/mol. The van der Waals surface area contributed by atoms with Gasteiger partial charge in [0.05, 0.1) is 17.9 Å². The van der Waals surface area contributed by atoms with E-state index < -0.39 is 11.7 Å². The fraction of sp³-hybridized carbons (Fsp3) is 0.385. The molecule has 0 atom stereocenters. The van der Waals surface area contributed by atoms with E-state index in [1.165, 1.54) is 0 Å². The van der Waals surface area contributed by atoms with Gasteiger partial charge in [-0.2, -0.15) is 0 Å². The van der Waals surface area contributed by atoms with Gasteiger partial charge in [-0.25, -0.2) is 0 Å². The lowest BCUT2D eigenvalue weighted by Crippen LogP contribution is -2.40. The molecule has 0 aliphatic carbocycles. The minimum Gasteiger partial charge on any atom is -0.291 e. The van der Waals surface area contributed by atoms with Gasteiger partial charge in [0, 0.05) is 4.47 Å². The zero-order valence-electron chi connectivity index (χ0n) is 10.4. The molecule has 1 amide bonds. The smallest absolute Gasteiger partial charge is 0.291 e. The molecule has 18 heavy (non-hydrogen) atoms. The fourth-order valence-electron chi connectivity index (χ4n) is 2.04. The molecule has 2 rings (SSSR count). The van der Waals surface area contributed by atoms with Crippen LogP contribution >= 0.6 is 15.9 Å². The van der Waals surface area contributed by atoms with Gasteiger partial charge in [-0.15, -0.1) is 0 Å². The maximum absolute atomic E-state index is 12.0. The van der Waals surface area contributed by atoms with E-state index in [1.54, 1.807) is 11.0 Å². The lowest BCUT2D eigenvalue weighted by Gasteiger charge is -2.25. The van der Waals surface area contributed by atoms with Crippen molar-refractivity contribution in [2.24, 2.45) is 0 Å². The largest absolute Gasteiger partial charge is 0.300 e. The maximum atomic E-state index is 12.0. The molecule has 0 spiro atoms. The highest BCUT2D eigenvalue weighted by atomic mass is 79.9. The van der Waals surface area contributed by atoms with Crippen LogP contribution in [0.15, 0.2) is 22.7 Å². The molecule has 0 unspecified atom stereocenters. The molecule has 1 heterocycles. The number of hydrogen-bond donors (Lipinski definition) is 0. The third-order valence-corrected chi connectivity index (χ3v) is 3.66. The van der Waals surface area contributed by atoms with Crippen molar-refractivity contribution in [2.75, 3.05) is 24.7 Å². The van der Waals surface area contributed by atoms with Crippen LogP contribution in [0, 0.1) is 0 Å². The zero-order valence-corrected chi connectivity index (χ0v) is 12.0. The lowest BCUT2D eigenvalue weighted by molar-refractivity contribution is -0.114. The molecular formula is C13H15BrN2O2. The third-order valence-electron chi connectivity index (χ3n) is 3.17. The molecule has 5 heteroatoms. The van der Waals surface area contributed by atoms with E-state index in [-0.39, 0.29) is 0 Å². The fourth-order valence-corrected chi connectivity index (χ4v) is 2.40. The summed E-state index contributed by atoms with van der Waals surface area (Å²) in [6.07, 6.45) is 0. The molecule has 0 saturated heterocycles. The van der Waals surface area contributed by atoms with E-state index in [9.17, 15) is 9.59 Å². The molecule has 1 aliphatic rings. The van der Waals surface area contributed by atoms with Gasteiger partial charge < -0.3 is 0 Å². The normalized spacial score (nSPS) is 14.6. The second-order valence-electron chi connectivity index (χ2n) is 4.17. The number of nitrogens with zero attached hydrogens (tertiary/aromatic N) is 2. The average Bonchev–Trinajstić information content (AvgIpc) is 2.60. The Balaban J connectivity index is 2.34. The molecule has 1 aromatic rings. The van der Waals surface area contributed by atoms with E-state index in [1.807, 2.05) is 26.0 Å². The van der Waals surface area contributed by atoms with Crippen molar-refractivity contribution in [1.82, 2.24) is 4.90 Å². The van der Waals surface area contributed by atoms with Gasteiger partial charge in [0.1, 0.15) is 0 Å². The summed E-state index contributed by atoms with van der Waals surface area (Å²) in [5, 5.41) is 0. The minimum absolute atomic E-state index is 0.418. The first-order chi connectivity index (χ1) is 8.58. The second-order valence-corrected chi connectivity index (χ2v) is 5.08. The van der Waals surface area contributed by atoms with Crippen LogP contribution in [0.3, 0.4) is 0 Å². The highest BCUT2D eigenvalue weighted by molar-refractivity contribution is 9.10. The van der Waals surface area contributed by atoms with Crippen molar-refractivity contribution in [3.63, 3.8) is 0 Å². The summed E-state index contributed by atoms with van der Waals surface area (Å²) < 4.78 is 0.812. The highest BCUT2D eigenvalue weighted by Crippen LogP contribution is 2.31. The van der Waals surface area contributed by atoms with Crippen LogP contribution in [0.4, 0.5) is 5.69 Å². The van der Waals surface area contributed by atoms with Gasteiger partial charge in [-0.05, 0) is 31.3 Å². The third kappa shape index (κ3) is 2.20. The maximum Gasteiger partial charge on any atom is 0.300 e. The van der Waals surface area contributed by atoms with Crippen LogP contribution in [0.25, 0.3) is 0 Å². The van der Waals surface area contributed by atoms with Crippen molar-refractivity contribution in [2.45, 2.75) is 13.8 Å². The van der Waals surface area contributed by atoms with Gasteiger partial charge in [0.15, 0.2) is 0 Å². The summed E-state index contributed by atoms with van der Waals surface area (Å²) in [6, 6.07) is 5.36. The standard InChI is InChI=1S/C13H15BrN2O2/c1-3-15(4-2)8-16-11-6-5-9(14)7-10(11)12(17)13(16)18/h5-7H,3-4,8H2,1-2H3. The van der Waals surface area contributed by atoms with Crippen LogP contribution in [0.1, 0.15) is 24.2 Å². The Bertz CT molecular complexity index is 498. The molecule has 96 valence electrons. The number of hydrogen-bond acceptors (Lipinski definition) is 3. The second kappa shape index (κ2) is 5.20. The Morgan fingerprint density at radius 1 is 1.22 bits per heavy atom. The molecule has 4 nitrogen and oxygen atoms in total. The summed E-state index contributed by atoms with van der Waals surface area (Å²) in [6.45, 7) is 6.23. The van der Waals surface area contributed by atoms with E-state index in [0.717, 1.165) is 17.6 Å². The van der Waals surface area contributed by atoms with E-state index in [4.69, 9.17) is 0 Å². The number of halogens is 1. The highest BCUT2D eigenvalue weighted by Gasteiger charge is 2.36. The van der Waals surface area contributed by atoms with Gasteiger partial charge in [0.2, 0.25) is 0 Å². The predicted octanol–water partition coefficient (Wildman–Crippen LogP) is 2.28. The van der Waals surface area contributed by atoms with Gasteiger partial charge in [-0.1, -0.05) is 29.8 Å². The molecule has 0 aromatic heterocycles. The number of benzene rings is 1. The Morgan fingerprint density at radius 2 is 1.89 bits per heavy atom. The van der Waals surface area contributed by atoms with E-state index in [2.05, 4.69) is 20.8 Å². The SMILES string of the molecule is CCN(CC)CN1C(=O)C(=O)c2cc(Br)ccc21. The molecule has 0 N–H and O–H groups in total. The van der Waals surface area contributed by atoms with Crippen LogP contribution in [0.5, 0.6) is 0 Å². The molecule has 0 fully saturated rings. The van der Waals surface area contributed by atoms with Crippen LogP contribution in [-0.4, -0.2) is 36.3 Å². The van der Waals surface area contributed by atoms with Crippen molar-refractivity contribution in [3.05, 3.63) is 28.2 Å². The Kier molecular flexibility index (Phi) is 3.82. The van der Waals surface area contributed by atoms with Crippen LogP contribution in [0.2, 0.25) is 0 Å². The molecule has 1 aliphatic heterocycles. The Morgan fingerprint density at radius 3 is 2.50 bits per heavy atom. The first-order valence-corrected chi connectivity index (χ1v) is 6.75. The van der Waals surface area contributed by atoms with Gasteiger partial charge in [0.25, 0.3) is 5.78 Å². The Hall–Kier alpha value is -1.20. The summed E-state index contributed by atoms with van der Waals surface area (Å²) in [5.41, 5.74) is 1.20. The molecule has 0 bridgehead atoms. The van der Waals surface area contributed by atoms with Crippen LogP contribution < -0.4 is 4.90 Å². The lowest BCUT2D eigenvalue weighted by atomic mass is 10.1. The summed E-state index contributed by atoms with van der Waals surface area (Å²) in [7, 11) is 0. The molecule has 1 aromatic carbocycles. The van der Waals surface area contributed by atoms with Crippen molar-refractivity contribution in [3.8, 4) is 0 Å². The summed E-state index contributed by atoms with van der Waals surface area (Å²) >= 11 is 3.32. The first-order valence-electron chi connectivity index (χ1n) is 5.96. The Labute approximate surface area is 115 Å². The number of rotatable bonds is 4. The molecule has 0 radical (unpaired) electrons. The number of fused-ring (bicyclic) bond motifs is 1. The average molecular weight is 311 g/mol.